The van der Waals surface area contributed by atoms with Crippen LogP contribution in [0.3, 0.4) is 0 Å². The molecule has 0 aliphatic carbocycles. The number of hydrogen-bond donors (Lipinski definition) is 1. The molecule has 5 nitrogen and oxygen atoms in total. The molecule has 0 fully saturated rings. The van der Waals surface area contributed by atoms with E-state index in [2.05, 4.69) is 5.32 Å². The highest BCUT2D eigenvalue weighted by atomic mass is 35.5. The van der Waals surface area contributed by atoms with Crippen LogP contribution in [0.4, 0.5) is 5.69 Å². The average molecular weight is 359 g/mol. The molecule has 130 valence electrons. The van der Waals surface area contributed by atoms with Gasteiger partial charge in [0.15, 0.2) is 0 Å². The summed E-state index contributed by atoms with van der Waals surface area (Å²) in [6, 6.07) is 10.3. The topological polar surface area (TPSA) is 58.6 Å². The van der Waals surface area contributed by atoms with E-state index >= 15 is 0 Å². The minimum Gasteiger partial charge on any atom is -0.495 e. The number of nitrogens with zero attached hydrogens (tertiary/aromatic N) is 1. The van der Waals surface area contributed by atoms with E-state index in [-0.39, 0.29) is 11.8 Å². The number of halogens is 1. The number of carbonyl (C=O) groups is 2. The zero-order chi connectivity index (χ0) is 18.0. The quantitative estimate of drug-likeness (QED) is 0.879. The average Bonchev–Trinajstić information content (AvgIpc) is 2.91. The molecule has 2 amide bonds. The number of anilines is 1. The number of methoxy groups -OCH3 is 1. The van der Waals surface area contributed by atoms with Crippen molar-refractivity contribution in [3.8, 4) is 5.75 Å². The maximum Gasteiger partial charge on any atom is 0.256 e. The van der Waals surface area contributed by atoms with Gasteiger partial charge in [-0.1, -0.05) is 30.7 Å². The van der Waals surface area contributed by atoms with Gasteiger partial charge in [0.2, 0.25) is 0 Å². The summed E-state index contributed by atoms with van der Waals surface area (Å²) in [4.78, 5) is 27.2. The van der Waals surface area contributed by atoms with Crippen LogP contribution in [-0.2, 0) is 6.54 Å². The molecule has 2 aromatic carbocycles. The van der Waals surface area contributed by atoms with Crippen molar-refractivity contribution in [2.45, 2.75) is 19.9 Å². The Morgan fingerprint density at radius 2 is 2.12 bits per heavy atom. The van der Waals surface area contributed by atoms with Gasteiger partial charge in [-0.15, -0.1) is 0 Å². The second-order valence-corrected chi connectivity index (χ2v) is 6.30. The van der Waals surface area contributed by atoms with E-state index < -0.39 is 0 Å². The predicted molar refractivity (Wildman–Crippen MR) is 97.4 cm³/mol. The normalized spacial score (nSPS) is 12.9. The first-order valence-corrected chi connectivity index (χ1v) is 8.49. The Labute approximate surface area is 151 Å². The Morgan fingerprint density at radius 3 is 2.84 bits per heavy atom. The molecule has 1 N–H and O–H groups in total. The van der Waals surface area contributed by atoms with Crippen LogP contribution in [0.1, 0.15) is 39.6 Å². The summed E-state index contributed by atoms with van der Waals surface area (Å²) in [5, 5.41) is 3.28. The lowest BCUT2D eigenvalue weighted by Gasteiger charge is -2.14. The molecule has 0 saturated carbocycles. The first-order chi connectivity index (χ1) is 12.0. The SMILES string of the molecule is CCCN1Cc2cccc(C(=O)Nc3cc(Cl)ccc3OC)c2C1=O. The summed E-state index contributed by atoms with van der Waals surface area (Å²) in [7, 11) is 1.52. The van der Waals surface area contributed by atoms with Crippen molar-refractivity contribution < 1.29 is 14.3 Å². The maximum atomic E-state index is 12.8. The van der Waals surface area contributed by atoms with Crippen molar-refractivity contribution in [3.63, 3.8) is 0 Å². The molecule has 6 heteroatoms. The molecule has 1 aliphatic heterocycles. The number of rotatable bonds is 5. The Hall–Kier alpha value is -2.53. The van der Waals surface area contributed by atoms with Gasteiger partial charge in [-0.05, 0) is 36.2 Å². The molecule has 0 saturated heterocycles. The lowest BCUT2D eigenvalue weighted by Crippen LogP contribution is -2.26. The van der Waals surface area contributed by atoms with Crippen LogP contribution in [0.15, 0.2) is 36.4 Å². The molecule has 0 unspecified atom stereocenters. The highest BCUT2D eigenvalue weighted by Crippen LogP contribution is 2.30. The lowest BCUT2D eigenvalue weighted by atomic mass is 10.0. The van der Waals surface area contributed by atoms with Crippen LogP contribution in [0.2, 0.25) is 5.02 Å². The van der Waals surface area contributed by atoms with Gasteiger partial charge in [0.1, 0.15) is 5.75 Å². The molecule has 0 spiro atoms. The molecule has 0 bridgehead atoms. The van der Waals surface area contributed by atoms with E-state index in [4.69, 9.17) is 16.3 Å². The third-order valence-corrected chi connectivity index (χ3v) is 4.40. The van der Waals surface area contributed by atoms with Crippen LogP contribution >= 0.6 is 11.6 Å². The fourth-order valence-electron chi connectivity index (χ4n) is 3.03. The van der Waals surface area contributed by atoms with E-state index in [9.17, 15) is 9.59 Å². The van der Waals surface area contributed by atoms with Crippen molar-refractivity contribution in [1.29, 1.82) is 0 Å². The third-order valence-electron chi connectivity index (χ3n) is 4.16. The third kappa shape index (κ3) is 3.33. The molecule has 0 aromatic heterocycles. The van der Waals surface area contributed by atoms with Crippen molar-refractivity contribution in [3.05, 3.63) is 58.1 Å². The van der Waals surface area contributed by atoms with Gasteiger partial charge < -0.3 is 15.0 Å². The fraction of sp³-hybridized carbons (Fsp3) is 0.263. The number of ether oxygens (including phenoxy) is 1. The first-order valence-electron chi connectivity index (χ1n) is 8.11. The molecular formula is C19H19ClN2O3. The van der Waals surface area contributed by atoms with Gasteiger partial charge in [0.05, 0.1) is 23.9 Å². The summed E-state index contributed by atoms with van der Waals surface area (Å²) in [5.41, 5.74) is 2.19. The summed E-state index contributed by atoms with van der Waals surface area (Å²) in [5.74, 6) is 0.0500. The van der Waals surface area contributed by atoms with Gasteiger partial charge in [-0.2, -0.15) is 0 Å². The Morgan fingerprint density at radius 1 is 1.32 bits per heavy atom. The van der Waals surface area contributed by atoms with E-state index in [1.165, 1.54) is 7.11 Å². The molecule has 25 heavy (non-hydrogen) atoms. The van der Waals surface area contributed by atoms with Crippen LogP contribution in [-0.4, -0.2) is 30.4 Å². The Bertz CT molecular complexity index is 835. The molecule has 0 atom stereocenters. The highest BCUT2D eigenvalue weighted by molar-refractivity contribution is 6.31. The smallest absolute Gasteiger partial charge is 0.256 e. The summed E-state index contributed by atoms with van der Waals surface area (Å²) in [6.45, 7) is 3.25. The van der Waals surface area contributed by atoms with Crippen molar-refractivity contribution in [1.82, 2.24) is 4.90 Å². The maximum absolute atomic E-state index is 12.8. The van der Waals surface area contributed by atoms with E-state index in [0.717, 1.165) is 12.0 Å². The van der Waals surface area contributed by atoms with E-state index in [0.29, 0.717) is 40.7 Å². The van der Waals surface area contributed by atoms with Crippen molar-refractivity contribution in [2.24, 2.45) is 0 Å². The van der Waals surface area contributed by atoms with E-state index in [1.807, 2.05) is 13.0 Å². The van der Waals surface area contributed by atoms with Gasteiger partial charge in [0, 0.05) is 18.1 Å². The lowest BCUT2D eigenvalue weighted by molar-refractivity contribution is 0.0774. The second-order valence-electron chi connectivity index (χ2n) is 5.87. The van der Waals surface area contributed by atoms with Crippen LogP contribution in [0.5, 0.6) is 5.75 Å². The van der Waals surface area contributed by atoms with Crippen molar-refractivity contribution >= 4 is 29.1 Å². The molecule has 2 aromatic rings. The minimum atomic E-state index is -0.357. The van der Waals surface area contributed by atoms with E-state index in [1.54, 1.807) is 35.2 Å². The van der Waals surface area contributed by atoms with Gasteiger partial charge in [-0.3, -0.25) is 9.59 Å². The number of fused-ring (bicyclic) bond motifs is 1. The predicted octanol–water partition coefficient (Wildman–Crippen LogP) is 3.97. The number of benzene rings is 2. The van der Waals surface area contributed by atoms with Crippen LogP contribution in [0.25, 0.3) is 0 Å². The van der Waals surface area contributed by atoms with Gasteiger partial charge in [0.25, 0.3) is 11.8 Å². The number of carbonyl (C=O) groups excluding carboxylic acids is 2. The molecule has 0 radical (unpaired) electrons. The number of amides is 2. The standard InChI is InChI=1S/C19H19ClN2O3/c1-3-9-22-11-12-5-4-6-14(17(12)19(22)24)18(23)21-15-10-13(20)7-8-16(15)25-2/h4-8,10H,3,9,11H2,1-2H3,(H,21,23). The van der Waals surface area contributed by atoms with Gasteiger partial charge in [-0.25, -0.2) is 0 Å². The van der Waals surface area contributed by atoms with Crippen molar-refractivity contribution in [2.75, 3.05) is 19.0 Å². The fourth-order valence-corrected chi connectivity index (χ4v) is 3.20. The summed E-state index contributed by atoms with van der Waals surface area (Å²) < 4.78 is 5.25. The largest absolute Gasteiger partial charge is 0.495 e. The first kappa shape index (κ1) is 17.3. The van der Waals surface area contributed by atoms with Crippen LogP contribution in [0, 0.1) is 0 Å². The summed E-state index contributed by atoms with van der Waals surface area (Å²) >= 11 is 6.01. The number of hydrogen-bond acceptors (Lipinski definition) is 3. The van der Waals surface area contributed by atoms with Crippen LogP contribution < -0.4 is 10.1 Å². The summed E-state index contributed by atoms with van der Waals surface area (Å²) in [6.07, 6.45) is 0.876. The molecule has 1 heterocycles. The molecular weight excluding hydrogens is 340 g/mol. The Kier molecular flexibility index (Phi) is 4.95. The molecule has 1 aliphatic rings. The monoisotopic (exact) mass is 358 g/mol. The second kappa shape index (κ2) is 7.15. The van der Waals surface area contributed by atoms with Gasteiger partial charge >= 0.3 is 0 Å². The Balaban J connectivity index is 1.92. The number of nitrogens with one attached hydrogen (secondary N) is 1. The zero-order valence-electron chi connectivity index (χ0n) is 14.1. The minimum absolute atomic E-state index is 0.0966. The molecule has 3 rings (SSSR count). The zero-order valence-corrected chi connectivity index (χ0v) is 14.9. The highest BCUT2D eigenvalue weighted by Gasteiger charge is 2.31.